The van der Waals surface area contributed by atoms with Gasteiger partial charge in [0.25, 0.3) is 0 Å². The lowest BCUT2D eigenvalue weighted by molar-refractivity contribution is 0.0289. The van der Waals surface area contributed by atoms with Gasteiger partial charge in [-0.25, -0.2) is 13.2 Å². The van der Waals surface area contributed by atoms with Gasteiger partial charge in [0.05, 0.1) is 10.6 Å². The van der Waals surface area contributed by atoms with Crippen LogP contribution in [0, 0.1) is 12.8 Å². The summed E-state index contributed by atoms with van der Waals surface area (Å²) in [6.07, 6.45) is 0.317. The van der Waals surface area contributed by atoms with Gasteiger partial charge in [0.1, 0.15) is 5.60 Å². The highest BCUT2D eigenvalue weighted by Gasteiger charge is 2.32. The van der Waals surface area contributed by atoms with Crippen molar-refractivity contribution in [1.29, 1.82) is 0 Å². The van der Waals surface area contributed by atoms with E-state index in [1.807, 2.05) is 27.7 Å². The molecule has 0 N–H and O–H groups in total. The second-order valence-corrected chi connectivity index (χ2v) is 9.21. The number of benzene rings is 1. The fourth-order valence-electron chi connectivity index (χ4n) is 2.61. The second kappa shape index (κ2) is 6.51. The number of carbonyl (C=O) groups excluding carboxylic acids is 1. The molecule has 1 atom stereocenters. The normalized spacial score (nSPS) is 19.0. The highest BCUT2D eigenvalue weighted by atomic mass is 32.2. The molecule has 1 heterocycles. The molecule has 128 valence electrons. The van der Waals surface area contributed by atoms with Gasteiger partial charge in [-0.3, -0.25) is 0 Å². The van der Waals surface area contributed by atoms with Crippen LogP contribution in [0.3, 0.4) is 0 Å². The van der Waals surface area contributed by atoms with Gasteiger partial charge in [-0.2, -0.15) is 0 Å². The number of ether oxygens (including phenoxy) is 1. The molecule has 5 nitrogen and oxygen atoms in total. The van der Waals surface area contributed by atoms with Crippen LogP contribution < -0.4 is 0 Å². The fourth-order valence-corrected chi connectivity index (χ4v) is 4.25. The number of likely N-dealkylation sites (tertiary alicyclic amines) is 1. The zero-order chi connectivity index (χ0) is 17.3. The number of rotatable bonds is 3. The Morgan fingerprint density at radius 2 is 1.87 bits per heavy atom. The van der Waals surface area contributed by atoms with E-state index >= 15 is 0 Å². The van der Waals surface area contributed by atoms with Gasteiger partial charge in [-0.05, 0) is 52.2 Å². The third-order valence-corrected chi connectivity index (χ3v) is 5.67. The molecule has 1 saturated heterocycles. The molecule has 23 heavy (non-hydrogen) atoms. The lowest BCUT2D eigenvalue weighted by Crippen LogP contribution is -2.35. The number of amides is 1. The molecule has 0 aromatic heterocycles. The van der Waals surface area contributed by atoms with Gasteiger partial charge in [0, 0.05) is 13.1 Å². The molecule has 1 amide bonds. The van der Waals surface area contributed by atoms with Crippen molar-refractivity contribution in [2.45, 2.75) is 44.6 Å². The Balaban J connectivity index is 1.97. The van der Waals surface area contributed by atoms with Crippen molar-refractivity contribution >= 4 is 15.9 Å². The Kier molecular flexibility index (Phi) is 5.04. The molecular weight excluding hydrogens is 314 g/mol. The summed E-state index contributed by atoms with van der Waals surface area (Å²) < 4.78 is 30.3. The summed E-state index contributed by atoms with van der Waals surface area (Å²) >= 11 is 0. The van der Waals surface area contributed by atoms with Gasteiger partial charge in [0.2, 0.25) is 0 Å². The van der Waals surface area contributed by atoms with Crippen molar-refractivity contribution in [3.05, 3.63) is 29.8 Å². The molecule has 0 aliphatic carbocycles. The van der Waals surface area contributed by atoms with Gasteiger partial charge in [-0.1, -0.05) is 17.7 Å². The van der Waals surface area contributed by atoms with E-state index < -0.39 is 15.4 Å². The summed E-state index contributed by atoms with van der Waals surface area (Å²) in [6, 6.07) is 6.89. The minimum atomic E-state index is -3.32. The van der Waals surface area contributed by atoms with E-state index in [9.17, 15) is 13.2 Å². The molecular formula is C17H25NO4S. The summed E-state index contributed by atoms with van der Waals surface area (Å²) in [5, 5.41) is 0. The molecule has 2 rings (SSSR count). The second-order valence-electron chi connectivity index (χ2n) is 7.18. The number of sulfone groups is 1. The van der Waals surface area contributed by atoms with E-state index in [0.717, 1.165) is 5.56 Å². The van der Waals surface area contributed by atoms with Crippen LogP contribution in [0.2, 0.25) is 0 Å². The summed E-state index contributed by atoms with van der Waals surface area (Å²) in [7, 11) is -3.32. The number of carbonyl (C=O) groups is 1. The fraction of sp³-hybridized carbons (Fsp3) is 0.588. The molecule has 0 bridgehead atoms. The lowest BCUT2D eigenvalue weighted by Gasteiger charge is -2.24. The van der Waals surface area contributed by atoms with E-state index in [2.05, 4.69) is 0 Å². The van der Waals surface area contributed by atoms with Crippen LogP contribution in [0.25, 0.3) is 0 Å². The molecule has 0 saturated carbocycles. The van der Waals surface area contributed by atoms with Crippen LogP contribution in [0.4, 0.5) is 4.79 Å². The smallest absolute Gasteiger partial charge is 0.410 e. The first-order valence-corrected chi connectivity index (χ1v) is 9.49. The van der Waals surface area contributed by atoms with Crippen LogP contribution in [0.5, 0.6) is 0 Å². The van der Waals surface area contributed by atoms with E-state index in [0.29, 0.717) is 24.4 Å². The van der Waals surface area contributed by atoms with Crippen LogP contribution >= 0.6 is 0 Å². The standard InChI is InChI=1S/C17H25NO4S/c1-13-5-7-15(8-6-13)23(20,21)12-14-9-10-18(11-14)16(19)22-17(2,3)4/h5-8,14H,9-12H2,1-4H3. The van der Waals surface area contributed by atoms with E-state index in [1.54, 1.807) is 29.2 Å². The average molecular weight is 339 g/mol. The number of aryl methyl sites for hydroxylation is 1. The summed E-state index contributed by atoms with van der Waals surface area (Å²) in [6.45, 7) is 8.36. The first-order chi connectivity index (χ1) is 10.6. The Labute approximate surface area is 138 Å². The first kappa shape index (κ1) is 17.8. The van der Waals surface area contributed by atoms with Crippen molar-refractivity contribution in [3.63, 3.8) is 0 Å². The molecule has 1 aliphatic rings. The topological polar surface area (TPSA) is 63.7 Å². The van der Waals surface area contributed by atoms with Crippen molar-refractivity contribution < 1.29 is 17.9 Å². The van der Waals surface area contributed by atoms with Crippen LogP contribution in [0.15, 0.2) is 29.2 Å². The van der Waals surface area contributed by atoms with Crippen molar-refractivity contribution in [2.24, 2.45) is 5.92 Å². The Morgan fingerprint density at radius 1 is 1.26 bits per heavy atom. The van der Waals surface area contributed by atoms with Crippen LogP contribution in [0.1, 0.15) is 32.8 Å². The average Bonchev–Trinajstić information content (AvgIpc) is 2.85. The van der Waals surface area contributed by atoms with Gasteiger partial charge in [0.15, 0.2) is 9.84 Å². The van der Waals surface area contributed by atoms with Crippen LogP contribution in [-0.4, -0.2) is 43.9 Å². The van der Waals surface area contributed by atoms with Gasteiger partial charge >= 0.3 is 6.09 Å². The molecule has 0 spiro atoms. The summed E-state index contributed by atoms with van der Waals surface area (Å²) in [5.41, 5.74) is 0.490. The monoisotopic (exact) mass is 339 g/mol. The largest absolute Gasteiger partial charge is 0.444 e. The summed E-state index contributed by atoms with van der Waals surface area (Å²) in [4.78, 5) is 14.0. The zero-order valence-electron chi connectivity index (χ0n) is 14.2. The molecule has 1 aliphatic heterocycles. The minimum Gasteiger partial charge on any atom is -0.444 e. The molecule has 1 aromatic carbocycles. The maximum atomic E-state index is 12.5. The SMILES string of the molecule is Cc1ccc(S(=O)(=O)CC2CCN(C(=O)OC(C)(C)C)C2)cc1. The van der Waals surface area contributed by atoms with Gasteiger partial charge < -0.3 is 9.64 Å². The predicted octanol–water partition coefficient (Wildman–Crippen LogP) is 3.03. The van der Waals surface area contributed by atoms with Gasteiger partial charge in [-0.15, -0.1) is 0 Å². The van der Waals surface area contributed by atoms with Crippen LogP contribution in [-0.2, 0) is 14.6 Å². The molecule has 0 radical (unpaired) electrons. The number of nitrogens with zero attached hydrogens (tertiary/aromatic N) is 1. The molecule has 6 heteroatoms. The summed E-state index contributed by atoms with van der Waals surface area (Å²) in [5.74, 6) is 0.0175. The zero-order valence-corrected chi connectivity index (χ0v) is 15.0. The van der Waals surface area contributed by atoms with Crippen molar-refractivity contribution in [1.82, 2.24) is 4.90 Å². The Hall–Kier alpha value is -1.56. The van der Waals surface area contributed by atoms with Crippen molar-refractivity contribution in [2.75, 3.05) is 18.8 Å². The number of hydrogen-bond acceptors (Lipinski definition) is 4. The highest BCUT2D eigenvalue weighted by molar-refractivity contribution is 7.91. The predicted molar refractivity (Wildman–Crippen MR) is 89.1 cm³/mol. The first-order valence-electron chi connectivity index (χ1n) is 7.84. The lowest BCUT2D eigenvalue weighted by atomic mass is 10.2. The number of hydrogen-bond donors (Lipinski definition) is 0. The van der Waals surface area contributed by atoms with E-state index in [-0.39, 0.29) is 17.8 Å². The maximum absolute atomic E-state index is 12.5. The van der Waals surface area contributed by atoms with E-state index in [4.69, 9.17) is 4.74 Å². The quantitative estimate of drug-likeness (QED) is 0.849. The Morgan fingerprint density at radius 3 is 2.43 bits per heavy atom. The third kappa shape index (κ3) is 4.96. The molecule has 1 unspecified atom stereocenters. The van der Waals surface area contributed by atoms with Crippen molar-refractivity contribution in [3.8, 4) is 0 Å². The highest BCUT2D eigenvalue weighted by Crippen LogP contribution is 2.23. The molecule has 1 aromatic rings. The van der Waals surface area contributed by atoms with E-state index in [1.165, 1.54) is 0 Å². The molecule has 1 fully saturated rings. The maximum Gasteiger partial charge on any atom is 0.410 e. The Bertz CT molecular complexity index is 659. The minimum absolute atomic E-state index is 0.0474. The third-order valence-electron chi connectivity index (χ3n) is 3.77.